The first-order chi connectivity index (χ1) is 21.9. The van der Waals surface area contributed by atoms with Gasteiger partial charge in [-0.15, -0.1) is 0 Å². The van der Waals surface area contributed by atoms with E-state index in [-0.39, 0.29) is 0 Å². The molecule has 1 amide bonds. The predicted octanol–water partition coefficient (Wildman–Crippen LogP) is 6.44. The Morgan fingerprint density at radius 3 is 2.29 bits per heavy atom. The molecule has 0 aliphatic carbocycles. The molecule has 6 atom stereocenters. The van der Waals surface area contributed by atoms with Crippen LogP contribution in [0.5, 0.6) is 5.75 Å². The van der Waals surface area contributed by atoms with E-state index in [2.05, 4.69) is 27.9 Å². The zero-order valence-electron chi connectivity index (χ0n) is 24.4. The highest BCUT2D eigenvalue weighted by molar-refractivity contribution is 14.1. The third-order valence-corrected chi connectivity index (χ3v) is 9.85. The maximum absolute atomic E-state index is 14.6. The molecule has 0 radical (unpaired) electrons. The van der Waals surface area contributed by atoms with Gasteiger partial charge in [-0.3, -0.25) is 19.3 Å². The average molecular weight is 715 g/mol. The Kier molecular flexibility index (Phi) is 7.61. The Morgan fingerprint density at radius 1 is 0.911 bits per heavy atom. The first-order valence-corrected chi connectivity index (χ1v) is 16.1. The van der Waals surface area contributed by atoms with E-state index in [4.69, 9.17) is 9.47 Å². The smallest absolute Gasteiger partial charge is 0.325 e. The van der Waals surface area contributed by atoms with E-state index in [0.717, 1.165) is 21.1 Å². The molecule has 7 rings (SSSR count). The van der Waals surface area contributed by atoms with Crippen molar-refractivity contribution in [3.8, 4) is 5.75 Å². The lowest BCUT2D eigenvalue weighted by Gasteiger charge is -2.46. The second kappa shape index (κ2) is 11.6. The summed E-state index contributed by atoms with van der Waals surface area (Å²) in [5, 5.41) is 14.0. The highest BCUT2D eigenvalue weighted by Gasteiger charge is 2.74. The van der Waals surface area contributed by atoms with Crippen LogP contribution in [-0.4, -0.2) is 40.5 Å². The molecule has 0 bridgehead atoms. The Balaban J connectivity index is 1.55. The molecule has 3 heterocycles. The van der Waals surface area contributed by atoms with Crippen LogP contribution < -0.4 is 10.1 Å². The van der Waals surface area contributed by atoms with Crippen LogP contribution in [0.2, 0.25) is 0 Å². The summed E-state index contributed by atoms with van der Waals surface area (Å²) in [6.07, 6.45) is 0.0470. The molecule has 9 heteroatoms. The molecule has 2 N–H and O–H groups in total. The van der Waals surface area contributed by atoms with Crippen molar-refractivity contribution in [2.45, 2.75) is 43.0 Å². The minimum absolute atomic E-state index is 0.456. The molecular formula is C36H31IN2O6. The number of ether oxygens (including phenoxy) is 2. The van der Waals surface area contributed by atoms with Gasteiger partial charge in [0, 0.05) is 9.26 Å². The van der Waals surface area contributed by atoms with E-state index in [1.54, 1.807) is 6.07 Å². The van der Waals surface area contributed by atoms with E-state index >= 15 is 0 Å². The second-order valence-electron chi connectivity index (χ2n) is 11.7. The lowest BCUT2D eigenvalue weighted by Crippen LogP contribution is -2.52. The molecule has 2 fully saturated rings. The minimum atomic E-state index is -1.66. The number of carbonyl (C=O) groups excluding carboxylic acids is 2. The predicted molar refractivity (Wildman–Crippen MR) is 176 cm³/mol. The topological polar surface area (TPSA) is 105 Å². The highest BCUT2D eigenvalue weighted by Crippen LogP contribution is 2.64. The molecule has 3 aliphatic rings. The molecule has 1 spiro atoms. The molecule has 4 aromatic carbocycles. The largest absolute Gasteiger partial charge is 0.494 e. The number of carboxylic acids is 1. The summed E-state index contributed by atoms with van der Waals surface area (Å²) in [6, 6.07) is 29.4. The number of benzene rings is 4. The van der Waals surface area contributed by atoms with Gasteiger partial charge in [-0.25, -0.2) is 0 Å². The van der Waals surface area contributed by atoms with Gasteiger partial charge in [0.1, 0.15) is 29.2 Å². The molecule has 0 saturated carbocycles. The standard InChI is InChI=1S/C36H31IN2O6/c1-2-18-44-25-15-9-14-23(19-25)32-36(26-20-24(37)16-17-27(26)38-35(36)43)28(33(40)41)30-34(42)45-31(22-12-7-4-8-13-22)29(39(30)32)21-10-5-3-6-11-21/h3-17,19-20,28-32H,2,18H2,1H3,(H,38,43)(H,40,41)/t28-,29-,30-,31+,32+,36-/m0/s1. The third-order valence-electron chi connectivity index (χ3n) is 9.18. The number of rotatable bonds is 7. The van der Waals surface area contributed by atoms with Crippen LogP contribution in [0.25, 0.3) is 0 Å². The molecule has 8 nitrogen and oxygen atoms in total. The van der Waals surface area contributed by atoms with E-state index < -0.39 is 53.4 Å². The maximum Gasteiger partial charge on any atom is 0.325 e. The number of fused-ring (bicyclic) bond motifs is 3. The van der Waals surface area contributed by atoms with Gasteiger partial charge in [-0.2, -0.15) is 0 Å². The second-order valence-corrected chi connectivity index (χ2v) is 12.9. The van der Waals surface area contributed by atoms with Crippen molar-refractivity contribution in [3.05, 3.63) is 129 Å². The van der Waals surface area contributed by atoms with E-state index in [9.17, 15) is 19.5 Å². The van der Waals surface area contributed by atoms with Crippen LogP contribution >= 0.6 is 22.6 Å². The number of aliphatic carboxylic acids is 1. The molecule has 228 valence electrons. The lowest BCUT2D eigenvalue weighted by molar-refractivity contribution is -0.179. The highest BCUT2D eigenvalue weighted by atomic mass is 127. The van der Waals surface area contributed by atoms with Crippen molar-refractivity contribution in [2.24, 2.45) is 5.92 Å². The number of nitrogens with one attached hydrogen (secondary N) is 1. The van der Waals surface area contributed by atoms with Crippen LogP contribution in [0.3, 0.4) is 0 Å². The number of amides is 1. The average Bonchev–Trinajstić information content (AvgIpc) is 3.53. The summed E-state index contributed by atoms with van der Waals surface area (Å²) in [5.74, 6) is -3.21. The van der Waals surface area contributed by atoms with Crippen LogP contribution in [0.1, 0.15) is 53.8 Å². The molecule has 0 aromatic heterocycles. The Bertz CT molecular complexity index is 1780. The number of carbonyl (C=O) groups is 3. The molecule has 0 unspecified atom stereocenters. The third kappa shape index (κ3) is 4.63. The fourth-order valence-electron chi connectivity index (χ4n) is 7.54. The van der Waals surface area contributed by atoms with Gasteiger partial charge in [-0.05, 0) is 81.6 Å². The van der Waals surface area contributed by atoms with E-state index in [0.29, 0.717) is 29.2 Å². The monoisotopic (exact) mass is 714 g/mol. The zero-order chi connectivity index (χ0) is 31.3. The number of anilines is 1. The number of morpholine rings is 1. The Labute approximate surface area is 274 Å². The summed E-state index contributed by atoms with van der Waals surface area (Å²) in [7, 11) is 0. The summed E-state index contributed by atoms with van der Waals surface area (Å²) < 4.78 is 13.1. The SMILES string of the molecule is CCCOc1cccc([C@H]2N3[C@H](C(=O)O[C@H](c4ccccc4)[C@@H]3c3ccccc3)[C@@H](C(=O)O)[C@]23C(=O)Nc2ccc(I)cc23)c1. The number of hydrogen-bond acceptors (Lipinski definition) is 6. The zero-order valence-corrected chi connectivity index (χ0v) is 26.6. The Morgan fingerprint density at radius 2 is 1.60 bits per heavy atom. The van der Waals surface area contributed by atoms with E-state index in [1.165, 1.54) is 0 Å². The number of esters is 1. The van der Waals surface area contributed by atoms with Gasteiger partial charge in [0.25, 0.3) is 0 Å². The summed E-state index contributed by atoms with van der Waals surface area (Å²) in [4.78, 5) is 44.3. The van der Waals surface area contributed by atoms with Gasteiger partial charge in [0.05, 0.1) is 18.7 Å². The van der Waals surface area contributed by atoms with E-state index in [1.807, 2.05) is 109 Å². The van der Waals surface area contributed by atoms with Gasteiger partial charge in [0.15, 0.2) is 0 Å². The molecule has 2 saturated heterocycles. The quantitative estimate of drug-likeness (QED) is 0.168. The first-order valence-electron chi connectivity index (χ1n) is 15.0. The molecule has 45 heavy (non-hydrogen) atoms. The number of halogens is 1. The molecule has 4 aromatic rings. The van der Waals surface area contributed by atoms with Gasteiger partial charge >= 0.3 is 11.9 Å². The number of cyclic esters (lactones) is 1. The summed E-state index contributed by atoms with van der Waals surface area (Å²) in [5.41, 5.74) is 1.74. The van der Waals surface area contributed by atoms with Gasteiger partial charge in [-0.1, -0.05) is 79.7 Å². The lowest BCUT2D eigenvalue weighted by atomic mass is 9.65. The van der Waals surface area contributed by atoms with Crippen molar-refractivity contribution in [3.63, 3.8) is 0 Å². The van der Waals surface area contributed by atoms with Crippen LogP contribution in [0.15, 0.2) is 103 Å². The van der Waals surface area contributed by atoms with Crippen LogP contribution in [-0.2, 0) is 24.5 Å². The van der Waals surface area contributed by atoms with Crippen LogP contribution in [0.4, 0.5) is 5.69 Å². The summed E-state index contributed by atoms with van der Waals surface area (Å²) >= 11 is 2.17. The Hall–Kier alpha value is -4.22. The van der Waals surface area contributed by atoms with Gasteiger partial charge < -0.3 is 19.9 Å². The maximum atomic E-state index is 14.6. The number of hydrogen-bond donors (Lipinski definition) is 2. The van der Waals surface area contributed by atoms with Gasteiger partial charge in [0.2, 0.25) is 5.91 Å². The van der Waals surface area contributed by atoms with Crippen molar-refractivity contribution < 1.29 is 29.0 Å². The molecule has 3 aliphatic heterocycles. The minimum Gasteiger partial charge on any atom is -0.494 e. The van der Waals surface area contributed by atoms with Crippen molar-refractivity contribution >= 4 is 46.1 Å². The van der Waals surface area contributed by atoms with Crippen LogP contribution in [0, 0.1) is 9.49 Å². The normalized spacial score (nSPS) is 27.0. The fraction of sp³-hybridized carbons (Fsp3) is 0.250. The molecular weight excluding hydrogens is 683 g/mol. The van der Waals surface area contributed by atoms with Crippen molar-refractivity contribution in [1.29, 1.82) is 0 Å². The summed E-state index contributed by atoms with van der Waals surface area (Å²) in [6.45, 7) is 2.52. The first kappa shape index (κ1) is 29.5. The fourth-order valence-corrected chi connectivity index (χ4v) is 8.03. The number of carboxylic acid groups (broad SMARTS) is 1. The van der Waals surface area contributed by atoms with Crippen molar-refractivity contribution in [2.75, 3.05) is 11.9 Å². The number of nitrogens with zero attached hydrogens (tertiary/aromatic N) is 1. The van der Waals surface area contributed by atoms with Crippen molar-refractivity contribution in [1.82, 2.24) is 4.90 Å².